The quantitative estimate of drug-likeness (QED) is 0.718. The average Bonchev–Trinajstić information content (AvgIpc) is 2.42. The van der Waals surface area contributed by atoms with Gasteiger partial charge in [-0.05, 0) is 25.3 Å². The molecule has 0 aliphatic carbocycles. The molecule has 0 radical (unpaired) electrons. The predicted octanol–water partition coefficient (Wildman–Crippen LogP) is 3.05. The Morgan fingerprint density at radius 2 is 2.15 bits per heavy atom. The highest BCUT2D eigenvalue weighted by Crippen LogP contribution is 2.26. The molecule has 0 aliphatic heterocycles. The van der Waals surface area contributed by atoms with Crippen LogP contribution in [0.4, 0.5) is 0 Å². The molecule has 6 heteroatoms. The highest BCUT2D eigenvalue weighted by atomic mass is 35.5. The molecule has 0 aromatic heterocycles. The van der Waals surface area contributed by atoms with Gasteiger partial charge in [-0.2, -0.15) is 11.8 Å². The fourth-order valence-electron chi connectivity index (χ4n) is 1.67. The number of hydrogen-bond acceptors (Lipinski definition) is 4. The van der Waals surface area contributed by atoms with Gasteiger partial charge in [0, 0.05) is 28.4 Å². The molecule has 1 aromatic rings. The van der Waals surface area contributed by atoms with E-state index in [9.17, 15) is 9.90 Å². The van der Waals surface area contributed by atoms with Crippen LogP contribution in [0, 0.1) is 0 Å². The number of aliphatic hydroxyl groups excluding tert-OH is 1. The second-order valence-corrected chi connectivity index (χ2v) is 6.96. The van der Waals surface area contributed by atoms with Crippen LogP contribution in [0.1, 0.15) is 13.3 Å². The molecule has 112 valence electrons. The van der Waals surface area contributed by atoms with Crippen LogP contribution in [0.15, 0.2) is 29.2 Å². The molecule has 20 heavy (non-hydrogen) atoms. The summed E-state index contributed by atoms with van der Waals surface area (Å²) in [4.78, 5) is 12.8. The van der Waals surface area contributed by atoms with Gasteiger partial charge in [0.2, 0.25) is 5.91 Å². The van der Waals surface area contributed by atoms with Crippen molar-refractivity contribution < 1.29 is 9.90 Å². The van der Waals surface area contributed by atoms with E-state index in [2.05, 4.69) is 5.32 Å². The van der Waals surface area contributed by atoms with E-state index in [0.29, 0.717) is 17.2 Å². The first-order chi connectivity index (χ1) is 9.58. The largest absolute Gasteiger partial charge is 0.395 e. The van der Waals surface area contributed by atoms with E-state index in [1.165, 1.54) is 0 Å². The molecule has 0 bridgehead atoms. The molecular weight excluding hydrogens is 314 g/mol. The van der Waals surface area contributed by atoms with Gasteiger partial charge >= 0.3 is 0 Å². The smallest absolute Gasteiger partial charge is 0.221 e. The first-order valence-corrected chi connectivity index (χ1v) is 9.04. The second kappa shape index (κ2) is 9.55. The molecule has 1 rings (SSSR count). The molecule has 1 aromatic carbocycles. The van der Waals surface area contributed by atoms with Gasteiger partial charge in [-0.15, -0.1) is 11.8 Å². The maximum atomic E-state index is 11.8. The molecule has 3 nitrogen and oxygen atoms in total. The van der Waals surface area contributed by atoms with Gasteiger partial charge in [0.1, 0.15) is 0 Å². The standard InChI is InChI=1S/C14H20ClNO2S2/c1-10(13(9-17)19-2)16-14(18)7-8-20-12-6-4-3-5-11(12)15/h3-6,10,13,17H,7-9H2,1-2H3,(H,16,18). The van der Waals surface area contributed by atoms with Crippen LogP contribution in [-0.2, 0) is 4.79 Å². The minimum Gasteiger partial charge on any atom is -0.395 e. The summed E-state index contributed by atoms with van der Waals surface area (Å²) in [5.74, 6) is 0.690. The number of rotatable bonds is 8. The minimum absolute atomic E-state index is 0.00422. The second-order valence-electron chi connectivity index (χ2n) is 4.34. The molecule has 0 heterocycles. The fraction of sp³-hybridized carbons (Fsp3) is 0.500. The van der Waals surface area contributed by atoms with Crippen LogP contribution in [-0.4, -0.2) is 40.9 Å². The average molecular weight is 334 g/mol. The number of thioether (sulfide) groups is 2. The number of carbonyl (C=O) groups excluding carboxylic acids is 1. The van der Waals surface area contributed by atoms with E-state index in [1.807, 2.05) is 37.4 Å². The molecular formula is C14H20ClNO2S2. The van der Waals surface area contributed by atoms with Crippen molar-refractivity contribution in [3.63, 3.8) is 0 Å². The Bertz CT molecular complexity index is 427. The van der Waals surface area contributed by atoms with E-state index < -0.39 is 0 Å². The third kappa shape index (κ3) is 5.95. The Balaban J connectivity index is 2.32. The number of hydrogen-bond donors (Lipinski definition) is 2. The maximum Gasteiger partial charge on any atom is 0.221 e. The summed E-state index contributed by atoms with van der Waals surface area (Å²) in [6.45, 7) is 1.98. The monoisotopic (exact) mass is 333 g/mol. The van der Waals surface area contributed by atoms with Crippen molar-refractivity contribution >= 4 is 41.0 Å². The van der Waals surface area contributed by atoms with Crippen molar-refractivity contribution in [2.24, 2.45) is 0 Å². The zero-order chi connectivity index (χ0) is 15.0. The molecule has 2 unspecified atom stereocenters. The van der Waals surface area contributed by atoms with E-state index in [-0.39, 0.29) is 23.8 Å². The number of carbonyl (C=O) groups is 1. The van der Waals surface area contributed by atoms with Crippen LogP contribution in [0.5, 0.6) is 0 Å². The van der Waals surface area contributed by atoms with E-state index in [4.69, 9.17) is 11.6 Å². The van der Waals surface area contributed by atoms with Gasteiger partial charge in [0.05, 0.1) is 11.6 Å². The Morgan fingerprint density at radius 3 is 2.75 bits per heavy atom. The summed E-state index contributed by atoms with van der Waals surface area (Å²) < 4.78 is 0. The topological polar surface area (TPSA) is 49.3 Å². The number of amides is 1. The van der Waals surface area contributed by atoms with Gasteiger partial charge in [0.15, 0.2) is 0 Å². The number of benzene rings is 1. The van der Waals surface area contributed by atoms with Gasteiger partial charge in [0.25, 0.3) is 0 Å². The summed E-state index contributed by atoms with van der Waals surface area (Å²) >= 11 is 9.18. The van der Waals surface area contributed by atoms with Crippen molar-refractivity contribution in [3.05, 3.63) is 29.3 Å². The summed E-state index contributed by atoms with van der Waals surface area (Å²) in [6, 6.07) is 7.57. The third-order valence-corrected chi connectivity index (χ3v) is 5.53. The molecule has 2 N–H and O–H groups in total. The van der Waals surface area contributed by atoms with Crippen molar-refractivity contribution in [1.29, 1.82) is 0 Å². The van der Waals surface area contributed by atoms with Gasteiger partial charge in [-0.25, -0.2) is 0 Å². The summed E-state index contributed by atoms with van der Waals surface area (Å²) in [5, 5.41) is 12.8. The lowest BCUT2D eigenvalue weighted by Crippen LogP contribution is -2.41. The van der Waals surface area contributed by atoms with E-state index in [0.717, 1.165) is 4.90 Å². The van der Waals surface area contributed by atoms with Crippen molar-refractivity contribution in [3.8, 4) is 0 Å². The van der Waals surface area contributed by atoms with E-state index in [1.54, 1.807) is 23.5 Å². The molecule has 0 spiro atoms. The zero-order valence-corrected chi connectivity index (χ0v) is 14.0. The summed E-state index contributed by atoms with van der Waals surface area (Å²) in [6.07, 6.45) is 2.36. The molecule has 1 amide bonds. The third-order valence-electron chi connectivity index (χ3n) is 2.85. The normalized spacial score (nSPS) is 13.8. The first kappa shape index (κ1) is 17.7. The van der Waals surface area contributed by atoms with Crippen LogP contribution in [0.25, 0.3) is 0 Å². The number of halogens is 1. The van der Waals surface area contributed by atoms with Gasteiger partial charge < -0.3 is 10.4 Å². The fourth-order valence-corrected chi connectivity index (χ4v) is 3.48. The highest BCUT2D eigenvalue weighted by Gasteiger charge is 2.17. The zero-order valence-electron chi connectivity index (χ0n) is 11.6. The number of aliphatic hydroxyl groups is 1. The Hall–Kier alpha value is -0.360. The Morgan fingerprint density at radius 1 is 1.45 bits per heavy atom. The molecule has 0 saturated carbocycles. The van der Waals surface area contributed by atoms with Gasteiger partial charge in [-0.1, -0.05) is 23.7 Å². The van der Waals surface area contributed by atoms with Crippen molar-refractivity contribution in [2.45, 2.75) is 29.5 Å². The van der Waals surface area contributed by atoms with Crippen LogP contribution in [0.2, 0.25) is 5.02 Å². The SMILES string of the molecule is CSC(CO)C(C)NC(=O)CCSc1ccccc1Cl. The maximum absolute atomic E-state index is 11.8. The number of nitrogens with one attached hydrogen (secondary N) is 1. The van der Waals surface area contributed by atoms with Crippen molar-refractivity contribution in [1.82, 2.24) is 5.32 Å². The molecule has 0 fully saturated rings. The van der Waals surface area contributed by atoms with E-state index >= 15 is 0 Å². The minimum atomic E-state index is -0.0344. The molecule has 0 saturated heterocycles. The van der Waals surface area contributed by atoms with Crippen molar-refractivity contribution in [2.75, 3.05) is 18.6 Å². The predicted molar refractivity (Wildman–Crippen MR) is 88.8 cm³/mol. The van der Waals surface area contributed by atoms with Crippen LogP contribution >= 0.6 is 35.1 Å². The summed E-state index contributed by atoms with van der Waals surface area (Å²) in [5.41, 5.74) is 0. The molecule has 0 aliphatic rings. The lowest BCUT2D eigenvalue weighted by atomic mass is 10.2. The Labute approximate surface area is 133 Å². The highest BCUT2D eigenvalue weighted by molar-refractivity contribution is 7.99. The van der Waals surface area contributed by atoms with Crippen LogP contribution in [0.3, 0.4) is 0 Å². The first-order valence-electron chi connectivity index (χ1n) is 6.38. The lowest BCUT2D eigenvalue weighted by molar-refractivity contribution is -0.121. The van der Waals surface area contributed by atoms with Gasteiger partial charge in [-0.3, -0.25) is 4.79 Å². The Kier molecular flexibility index (Phi) is 8.45. The summed E-state index contributed by atoms with van der Waals surface area (Å²) in [7, 11) is 0. The lowest BCUT2D eigenvalue weighted by Gasteiger charge is -2.21. The molecule has 2 atom stereocenters. The van der Waals surface area contributed by atoms with Crippen LogP contribution < -0.4 is 5.32 Å².